The zero-order chi connectivity index (χ0) is 34.3. The number of nitrogens with one attached hydrogen (secondary N) is 1. The smallest absolute Gasteiger partial charge is 0.307 e. The lowest BCUT2D eigenvalue weighted by Gasteiger charge is -2.71. The molecule has 1 aliphatic heterocycles. The molecule has 4 aliphatic carbocycles. The van der Waals surface area contributed by atoms with Crippen molar-refractivity contribution >= 4 is 11.9 Å². The quantitative estimate of drug-likeness (QED) is 0.273. The zero-order valence-corrected chi connectivity index (χ0v) is 30.7. The van der Waals surface area contributed by atoms with Crippen LogP contribution >= 0.6 is 0 Å². The summed E-state index contributed by atoms with van der Waals surface area (Å²) in [5.74, 6) is 0.969. The highest BCUT2D eigenvalue weighted by Gasteiger charge is 2.72. The van der Waals surface area contributed by atoms with Gasteiger partial charge in [-0.15, -0.1) is 5.10 Å². The van der Waals surface area contributed by atoms with E-state index in [-0.39, 0.29) is 51.2 Å². The number of tetrazole rings is 1. The molecular formula is C37H62N6O4. The Labute approximate surface area is 282 Å². The third kappa shape index (κ3) is 4.88. The van der Waals surface area contributed by atoms with Crippen molar-refractivity contribution in [2.45, 2.75) is 119 Å². The summed E-state index contributed by atoms with van der Waals surface area (Å²) in [5.41, 5.74) is 6.32. The Balaban J connectivity index is 1.44. The number of aromatic nitrogens is 4. The first kappa shape index (κ1) is 34.8. The summed E-state index contributed by atoms with van der Waals surface area (Å²) in [4.78, 5) is 15.1. The van der Waals surface area contributed by atoms with Crippen LogP contribution in [0.4, 0.5) is 5.95 Å². The Kier molecular flexibility index (Phi) is 8.73. The second kappa shape index (κ2) is 11.8. The predicted octanol–water partition coefficient (Wildman–Crippen LogP) is 6.01. The molecule has 1 unspecified atom stereocenters. The van der Waals surface area contributed by atoms with Crippen LogP contribution < -0.4 is 11.1 Å². The maximum absolute atomic E-state index is 13.4. The van der Waals surface area contributed by atoms with Crippen molar-refractivity contribution in [1.82, 2.24) is 25.5 Å². The van der Waals surface area contributed by atoms with Crippen molar-refractivity contribution in [1.29, 1.82) is 0 Å². The monoisotopic (exact) mass is 654 g/mol. The number of anilines is 1. The van der Waals surface area contributed by atoms with Crippen LogP contribution in [0.5, 0.6) is 0 Å². The highest BCUT2D eigenvalue weighted by molar-refractivity contribution is 5.73. The highest BCUT2D eigenvalue weighted by atomic mass is 16.5. The molecule has 4 N–H and O–H groups in total. The number of ether oxygens (including phenoxy) is 2. The van der Waals surface area contributed by atoms with Crippen LogP contribution in [0.15, 0.2) is 11.6 Å². The third-order valence-corrected chi connectivity index (χ3v) is 15.5. The van der Waals surface area contributed by atoms with Gasteiger partial charge in [0, 0.05) is 16.9 Å². The lowest BCUT2D eigenvalue weighted by Crippen LogP contribution is -2.69. The number of aliphatic carboxylic acids is 1. The molecule has 1 saturated heterocycles. The number of rotatable bonds is 9. The van der Waals surface area contributed by atoms with E-state index in [4.69, 9.17) is 15.2 Å². The van der Waals surface area contributed by atoms with Gasteiger partial charge in [-0.25, -0.2) is 0 Å². The largest absolute Gasteiger partial charge is 0.481 e. The summed E-state index contributed by atoms with van der Waals surface area (Å²) in [7, 11) is 2.00. The molecule has 3 saturated carbocycles. The molecule has 1 aromatic heterocycles. The van der Waals surface area contributed by atoms with Crippen molar-refractivity contribution in [2.75, 3.05) is 32.6 Å². The molecule has 4 fully saturated rings. The van der Waals surface area contributed by atoms with Gasteiger partial charge >= 0.3 is 5.97 Å². The number of fused-ring (bicyclic) bond motifs is 3. The second-order valence-corrected chi connectivity index (χ2v) is 18.0. The molecule has 0 amide bonds. The van der Waals surface area contributed by atoms with Crippen molar-refractivity contribution in [2.24, 2.45) is 62.6 Å². The van der Waals surface area contributed by atoms with Gasteiger partial charge < -0.3 is 25.6 Å². The van der Waals surface area contributed by atoms with Gasteiger partial charge in [0.15, 0.2) is 0 Å². The molecular weight excluding hydrogens is 592 g/mol. The standard InChI is InChI=1S/C37H62N6O4/c1-21(2)23(5)33(6)15-16-35(8)24-11-12-28-34(7)19-46-20-37(28,25(24)13-14-36(35,9)29(33)31(44)45)17-27(43-41-32(38)40-42-43)30(34)47-18-26(39-10)22(3)4/h13,21-24,26-30,39H,11-12,14-20H2,1-10H3,(H2,38,41)(H,44,45)/t23-,24+,26+,27?,28+,29-,30+,33-,34-,35-,36+,37+/m1/s1. The highest BCUT2D eigenvalue weighted by Crippen LogP contribution is 2.75. The number of carbonyl (C=O) groups is 1. The Hall–Kier alpha value is -2.04. The van der Waals surface area contributed by atoms with E-state index in [1.165, 1.54) is 5.57 Å². The van der Waals surface area contributed by atoms with Gasteiger partial charge in [-0.1, -0.05) is 79.1 Å². The first-order valence-corrected chi connectivity index (χ1v) is 18.3. The van der Waals surface area contributed by atoms with E-state index in [2.05, 4.69) is 89.1 Å². The molecule has 10 nitrogen and oxygen atoms in total. The predicted molar refractivity (Wildman–Crippen MR) is 182 cm³/mol. The molecule has 6 rings (SSSR count). The average molecular weight is 655 g/mol. The van der Waals surface area contributed by atoms with Crippen molar-refractivity contribution in [3.05, 3.63) is 11.6 Å². The molecule has 1 aromatic rings. The van der Waals surface area contributed by atoms with Gasteiger partial charge in [-0.05, 0) is 96.6 Å². The Morgan fingerprint density at radius 3 is 2.43 bits per heavy atom. The van der Waals surface area contributed by atoms with E-state index in [9.17, 15) is 9.90 Å². The topological polar surface area (TPSA) is 137 Å². The van der Waals surface area contributed by atoms with Crippen LogP contribution in [0.2, 0.25) is 0 Å². The fourth-order valence-corrected chi connectivity index (χ4v) is 12.3. The first-order chi connectivity index (χ1) is 22.0. The van der Waals surface area contributed by atoms with Crippen LogP contribution in [0, 0.1) is 62.6 Å². The van der Waals surface area contributed by atoms with Crippen LogP contribution in [-0.4, -0.2) is 70.3 Å². The van der Waals surface area contributed by atoms with Crippen molar-refractivity contribution < 1.29 is 19.4 Å². The molecule has 10 heteroatoms. The normalized spacial score (nSPS) is 44.3. The van der Waals surface area contributed by atoms with Gasteiger partial charge in [0.05, 0.1) is 31.8 Å². The molecule has 0 radical (unpaired) electrons. The number of nitrogen functional groups attached to an aromatic ring is 1. The third-order valence-electron chi connectivity index (χ3n) is 15.5. The Morgan fingerprint density at radius 1 is 1.11 bits per heavy atom. The first-order valence-electron chi connectivity index (χ1n) is 18.3. The fraction of sp³-hybridized carbons (Fsp3) is 0.892. The van der Waals surface area contributed by atoms with Gasteiger partial charge in [0.1, 0.15) is 6.04 Å². The van der Waals surface area contributed by atoms with Crippen LogP contribution in [-0.2, 0) is 14.3 Å². The van der Waals surface area contributed by atoms with E-state index in [0.29, 0.717) is 49.4 Å². The van der Waals surface area contributed by atoms with E-state index in [1.54, 1.807) is 4.80 Å². The fourth-order valence-electron chi connectivity index (χ4n) is 12.3. The molecule has 2 heterocycles. The lowest BCUT2D eigenvalue weighted by molar-refractivity contribution is -0.252. The zero-order valence-electron chi connectivity index (χ0n) is 30.7. The molecule has 0 spiro atoms. The average Bonchev–Trinajstić information content (AvgIpc) is 3.43. The number of hydrogen-bond donors (Lipinski definition) is 3. The summed E-state index contributed by atoms with van der Waals surface area (Å²) in [6.45, 7) is 22.5. The summed E-state index contributed by atoms with van der Waals surface area (Å²) < 4.78 is 13.6. The van der Waals surface area contributed by atoms with E-state index >= 15 is 0 Å². The lowest BCUT2D eigenvalue weighted by atomic mass is 9.34. The van der Waals surface area contributed by atoms with Crippen LogP contribution in [0.1, 0.15) is 107 Å². The minimum absolute atomic E-state index is 0.139. The molecule has 12 atom stereocenters. The minimum Gasteiger partial charge on any atom is -0.481 e. The SMILES string of the molecule is CN[C@@H](CO[C@H]1C(n2nnc(N)n2)C[C@@]23COC[C@]1(C)[C@@H]2CC[C@H]1C3=CC[C@@]2(C)[C@H](C(=O)O)[C@@](C)([C@H](C)C(C)C)CC[C@]12C)C(C)C. The van der Waals surface area contributed by atoms with Gasteiger partial charge in [0.2, 0.25) is 0 Å². The van der Waals surface area contributed by atoms with Gasteiger partial charge in [-0.3, -0.25) is 4.79 Å². The number of allylic oxidation sites excluding steroid dienone is 1. The Bertz CT molecular complexity index is 1380. The molecule has 47 heavy (non-hydrogen) atoms. The summed E-state index contributed by atoms with van der Waals surface area (Å²) in [5, 5.41) is 27.6. The second-order valence-electron chi connectivity index (χ2n) is 18.0. The number of likely N-dealkylation sites (N-methyl/N-ethyl adjacent to an activating group) is 1. The maximum Gasteiger partial charge on any atom is 0.307 e. The van der Waals surface area contributed by atoms with Gasteiger partial charge in [0.25, 0.3) is 5.95 Å². The van der Waals surface area contributed by atoms with Crippen molar-refractivity contribution in [3.63, 3.8) is 0 Å². The van der Waals surface area contributed by atoms with Crippen LogP contribution in [0.3, 0.4) is 0 Å². The number of carboxylic acids is 1. The van der Waals surface area contributed by atoms with E-state index < -0.39 is 11.9 Å². The molecule has 0 aromatic carbocycles. The van der Waals surface area contributed by atoms with E-state index in [0.717, 1.165) is 38.5 Å². The van der Waals surface area contributed by atoms with Gasteiger partial charge in [-0.2, -0.15) is 4.80 Å². The summed E-state index contributed by atoms with van der Waals surface area (Å²) in [6, 6.07) is 0.0694. The number of hydrogen-bond acceptors (Lipinski definition) is 8. The Morgan fingerprint density at radius 2 is 1.83 bits per heavy atom. The number of nitrogens with two attached hydrogens (primary N) is 1. The van der Waals surface area contributed by atoms with Crippen LogP contribution in [0.25, 0.3) is 0 Å². The van der Waals surface area contributed by atoms with E-state index in [1.807, 2.05) is 7.05 Å². The summed E-state index contributed by atoms with van der Waals surface area (Å²) in [6.07, 6.45) is 8.01. The maximum atomic E-state index is 13.4. The number of nitrogens with zero attached hydrogens (tertiary/aromatic N) is 4. The molecule has 2 bridgehead atoms. The number of carboxylic acid groups (broad SMARTS) is 1. The molecule has 5 aliphatic rings. The molecule has 264 valence electrons. The van der Waals surface area contributed by atoms with Crippen molar-refractivity contribution in [3.8, 4) is 0 Å². The minimum atomic E-state index is -0.625. The summed E-state index contributed by atoms with van der Waals surface area (Å²) >= 11 is 0.